The molecule has 34 heavy (non-hydrogen) atoms. The third kappa shape index (κ3) is 6.38. The molecule has 1 atom stereocenters. The topological polar surface area (TPSA) is 90.0 Å². The van der Waals surface area contributed by atoms with E-state index in [0.717, 1.165) is 10.4 Å². The van der Waals surface area contributed by atoms with Gasteiger partial charge in [-0.05, 0) is 36.2 Å². The fourth-order valence-electron chi connectivity index (χ4n) is 3.28. The summed E-state index contributed by atoms with van der Waals surface area (Å²) >= 11 is 12.1. The lowest BCUT2D eigenvalue weighted by Crippen LogP contribution is -2.53. The Hall–Kier alpha value is -2.40. The first kappa shape index (κ1) is 27.8. The van der Waals surface area contributed by atoms with Crippen LogP contribution < -0.4 is 9.62 Å². The van der Waals surface area contributed by atoms with Gasteiger partial charge >= 0.3 is 10.2 Å². The van der Waals surface area contributed by atoms with E-state index >= 15 is 0 Å². The largest absolute Gasteiger partial charge is 0.357 e. The van der Waals surface area contributed by atoms with Crippen LogP contribution >= 0.6 is 23.2 Å². The normalized spacial score (nSPS) is 12.4. The van der Waals surface area contributed by atoms with Gasteiger partial charge in [-0.3, -0.25) is 9.59 Å². The Morgan fingerprint density at radius 2 is 1.74 bits per heavy atom. The number of halogens is 3. The van der Waals surface area contributed by atoms with Crippen LogP contribution in [0.25, 0.3) is 0 Å². The van der Waals surface area contributed by atoms with Crippen molar-refractivity contribution in [3.63, 3.8) is 0 Å². The first-order valence-electron chi connectivity index (χ1n) is 10.3. The number of hydrogen-bond acceptors (Lipinski definition) is 4. The highest BCUT2D eigenvalue weighted by Gasteiger charge is 2.34. The van der Waals surface area contributed by atoms with E-state index in [1.165, 1.54) is 44.2 Å². The molecular weight excluding hydrogens is 506 g/mol. The SMILES string of the molecule is CC[C@H](C(=O)NC)N(Cc1ccc(Cl)c(Cl)c1)C(=O)CN(c1ccccc1F)S(=O)(=O)N(C)C. The van der Waals surface area contributed by atoms with E-state index < -0.39 is 40.4 Å². The minimum atomic E-state index is -4.25. The number of benzene rings is 2. The summed E-state index contributed by atoms with van der Waals surface area (Å²) in [6, 6.07) is 9.11. The zero-order chi connectivity index (χ0) is 25.6. The monoisotopic (exact) mass is 532 g/mol. The Kier molecular flexibility index (Phi) is 9.69. The van der Waals surface area contributed by atoms with Gasteiger partial charge in [-0.15, -0.1) is 0 Å². The number of likely N-dealkylation sites (N-methyl/N-ethyl adjacent to an activating group) is 1. The zero-order valence-electron chi connectivity index (χ0n) is 19.3. The Morgan fingerprint density at radius 3 is 2.26 bits per heavy atom. The lowest BCUT2D eigenvalue weighted by atomic mass is 10.1. The Morgan fingerprint density at radius 1 is 1.09 bits per heavy atom. The predicted molar refractivity (Wildman–Crippen MR) is 132 cm³/mol. The van der Waals surface area contributed by atoms with Gasteiger partial charge in [-0.1, -0.05) is 48.3 Å². The average molecular weight is 533 g/mol. The van der Waals surface area contributed by atoms with Crippen molar-refractivity contribution in [1.29, 1.82) is 0 Å². The third-order valence-electron chi connectivity index (χ3n) is 5.11. The average Bonchev–Trinajstić information content (AvgIpc) is 2.79. The standard InChI is InChI=1S/C22H27Cl2FN4O4S/c1-5-19(22(31)26-2)28(13-15-10-11-16(23)17(24)12-15)21(30)14-29(34(32,33)27(3)4)20-9-7-6-8-18(20)25/h6-12,19H,5,13-14H2,1-4H3,(H,26,31)/t19-/m1/s1. The zero-order valence-corrected chi connectivity index (χ0v) is 21.6. The molecule has 0 aliphatic carbocycles. The minimum absolute atomic E-state index is 0.0469. The molecule has 2 amide bonds. The lowest BCUT2D eigenvalue weighted by Gasteiger charge is -2.33. The second kappa shape index (κ2) is 11.8. The summed E-state index contributed by atoms with van der Waals surface area (Å²) in [5.41, 5.74) is 0.296. The molecule has 0 radical (unpaired) electrons. The quantitative estimate of drug-likeness (QED) is 0.508. The van der Waals surface area contributed by atoms with Crippen molar-refractivity contribution < 1.29 is 22.4 Å². The molecule has 2 rings (SSSR count). The minimum Gasteiger partial charge on any atom is -0.357 e. The van der Waals surface area contributed by atoms with Gasteiger partial charge in [0.15, 0.2) is 0 Å². The van der Waals surface area contributed by atoms with Gasteiger partial charge in [-0.2, -0.15) is 12.7 Å². The first-order valence-corrected chi connectivity index (χ1v) is 12.5. The van der Waals surface area contributed by atoms with Crippen LogP contribution in [-0.4, -0.2) is 63.2 Å². The smallest absolute Gasteiger partial charge is 0.304 e. The molecule has 186 valence electrons. The van der Waals surface area contributed by atoms with Crippen molar-refractivity contribution in [2.45, 2.75) is 25.9 Å². The number of para-hydroxylation sites is 1. The third-order valence-corrected chi connectivity index (χ3v) is 7.65. The van der Waals surface area contributed by atoms with Gasteiger partial charge in [0, 0.05) is 27.7 Å². The molecule has 0 aliphatic rings. The van der Waals surface area contributed by atoms with Gasteiger partial charge < -0.3 is 10.2 Å². The summed E-state index contributed by atoms with van der Waals surface area (Å²) < 4.78 is 42.2. The van der Waals surface area contributed by atoms with Gasteiger partial charge in [0.1, 0.15) is 18.4 Å². The molecule has 0 fully saturated rings. The predicted octanol–water partition coefficient (Wildman–Crippen LogP) is 3.30. The summed E-state index contributed by atoms with van der Waals surface area (Å²) in [6.07, 6.45) is 0.257. The summed E-state index contributed by atoms with van der Waals surface area (Å²) in [5.74, 6) is -1.94. The number of carbonyl (C=O) groups excluding carboxylic acids is 2. The highest BCUT2D eigenvalue weighted by atomic mass is 35.5. The van der Waals surface area contributed by atoms with E-state index in [4.69, 9.17) is 23.2 Å². The fraction of sp³-hybridized carbons (Fsp3) is 0.364. The van der Waals surface area contributed by atoms with Crippen molar-refractivity contribution in [3.05, 3.63) is 63.9 Å². The molecule has 0 saturated heterocycles. The molecule has 0 aromatic heterocycles. The van der Waals surface area contributed by atoms with Crippen molar-refractivity contribution in [1.82, 2.24) is 14.5 Å². The van der Waals surface area contributed by atoms with E-state index in [1.807, 2.05) is 0 Å². The van der Waals surface area contributed by atoms with Crippen LogP contribution in [0, 0.1) is 5.82 Å². The van der Waals surface area contributed by atoms with E-state index in [-0.39, 0.29) is 23.7 Å². The van der Waals surface area contributed by atoms with Crippen LogP contribution in [0.1, 0.15) is 18.9 Å². The van der Waals surface area contributed by atoms with Crippen molar-refractivity contribution in [2.24, 2.45) is 0 Å². The number of amides is 2. The molecule has 1 N–H and O–H groups in total. The van der Waals surface area contributed by atoms with Crippen molar-refractivity contribution >= 4 is 50.9 Å². The summed E-state index contributed by atoms with van der Waals surface area (Å²) in [4.78, 5) is 27.3. The van der Waals surface area contributed by atoms with E-state index in [9.17, 15) is 22.4 Å². The molecular formula is C22H27Cl2FN4O4S. The molecule has 2 aromatic carbocycles. The van der Waals surface area contributed by atoms with E-state index in [0.29, 0.717) is 14.9 Å². The van der Waals surface area contributed by atoms with Gasteiger partial charge in [0.2, 0.25) is 11.8 Å². The maximum atomic E-state index is 14.6. The Bertz CT molecular complexity index is 1150. The number of hydrogen-bond donors (Lipinski definition) is 1. The molecule has 8 nitrogen and oxygen atoms in total. The van der Waals surface area contributed by atoms with Gasteiger partial charge in [0.25, 0.3) is 0 Å². The number of carbonyl (C=O) groups is 2. The van der Waals surface area contributed by atoms with Crippen LogP contribution in [0.15, 0.2) is 42.5 Å². The molecule has 0 heterocycles. The summed E-state index contributed by atoms with van der Waals surface area (Å²) in [5, 5.41) is 3.11. The van der Waals surface area contributed by atoms with Crippen LogP contribution in [0.5, 0.6) is 0 Å². The second-order valence-electron chi connectivity index (χ2n) is 7.56. The van der Waals surface area contributed by atoms with Crippen molar-refractivity contribution in [3.8, 4) is 0 Å². The summed E-state index contributed by atoms with van der Waals surface area (Å²) in [7, 11) is -0.250. The van der Waals surface area contributed by atoms with E-state index in [1.54, 1.807) is 25.1 Å². The van der Waals surface area contributed by atoms with Crippen LogP contribution in [0.3, 0.4) is 0 Å². The molecule has 12 heteroatoms. The van der Waals surface area contributed by atoms with Crippen LogP contribution in [0.2, 0.25) is 10.0 Å². The molecule has 2 aromatic rings. The number of nitrogens with one attached hydrogen (secondary N) is 1. The fourth-order valence-corrected chi connectivity index (χ4v) is 4.66. The molecule has 0 aliphatic heterocycles. The molecule has 0 unspecified atom stereocenters. The number of anilines is 1. The van der Waals surface area contributed by atoms with Gasteiger partial charge in [-0.25, -0.2) is 8.70 Å². The summed E-state index contributed by atoms with van der Waals surface area (Å²) in [6.45, 7) is 0.950. The Labute approximate surface area is 209 Å². The number of nitrogens with zero attached hydrogens (tertiary/aromatic N) is 3. The molecule has 0 saturated carbocycles. The lowest BCUT2D eigenvalue weighted by molar-refractivity contribution is -0.140. The first-order chi connectivity index (χ1) is 15.9. The van der Waals surface area contributed by atoms with Gasteiger partial charge in [0.05, 0.1) is 15.7 Å². The molecule has 0 spiro atoms. The van der Waals surface area contributed by atoms with Crippen LogP contribution in [0.4, 0.5) is 10.1 Å². The second-order valence-corrected chi connectivity index (χ2v) is 10.4. The maximum absolute atomic E-state index is 14.6. The highest BCUT2D eigenvalue weighted by molar-refractivity contribution is 7.90. The Balaban J connectivity index is 2.53. The highest BCUT2D eigenvalue weighted by Crippen LogP contribution is 2.26. The van der Waals surface area contributed by atoms with E-state index in [2.05, 4.69) is 5.32 Å². The van der Waals surface area contributed by atoms with Crippen LogP contribution in [-0.2, 0) is 26.3 Å². The maximum Gasteiger partial charge on any atom is 0.304 e. The van der Waals surface area contributed by atoms with Crippen molar-refractivity contribution in [2.75, 3.05) is 32.0 Å². The number of rotatable bonds is 10. The molecule has 0 bridgehead atoms.